The molecule has 0 atom stereocenters. The van der Waals surface area contributed by atoms with Crippen LogP contribution < -0.4 is 10.6 Å². The molecule has 90 valence electrons. The number of rotatable bonds is 4. The summed E-state index contributed by atoms with van der Waals surface area (Å²) < 4.78 is 0. The second-order valence-corrected chi connectivity index (χ2v) is 4.01. The highest BCUT2D eigenvalue weighted by Gasteiger charge is 2.11. The molecule has 17 heavy (non-hydrogen) atoms. The summed E-state index contributed by atoms with van der Waals surface area (Å²) >= 11 is 1.48. The van der Waals surface area contributed by atoms with Gasteiger partial charge in [0.15, 0.2) is 5.17 Å². The maximum absolute atomic E-state index is 11.3. The Hall–Kier alpha value is -2.01. The Morgan fingerprint density at radius 3 is 2.94 bits per heavy atom. The SMILES string of the molecule is N#C/C(=C/NC1=NCCS1)C(=O)NCC(=O)O. The van der Waals surface area contributed by atoms with Gasteiger partial charge in [-0.3, -0.25) is 14.6 Å². The van der Waals surface area contributed by atoms with Gasteiger partial charge in [-0.2, -0.15) is 5.26 Å². The Morgan fingerprint density at radius 2 is 2.41 bits per heavy atom. The molecule has 0 saturated heterocycles. The smallest absolute Gasteiger partial charge is 0.322 e. The van der Waals surface area contributed by atoms with Crippen molar-refractivity contribution in [2.24, 2.45) is 4.99 Å². The zero-order valence-electron chi connectivity index (χ0n) is 8.77. The lowest BCUT2D eigenvalue weighted by molar-refractivity contribution is -0.137. The lowest BCUT2D eigenvalue weighted by atomic mass is 10.3. The number of carbonyl (C=O) groups is 2. The van der Waals surface area contributed by atoms with Crippen molar-refractivity contribution in [1.29, 1.82) is 5.26 Å². The second-order valence-electron chi connectivity index (χ2n) is 2.93. The Morgan fingerprint density at radius 1 is 1.65 bits per heavy atom. The van der Waals surface area contributed by atoms with Crippen LogP contribution in [0.2, 0.25) is 0 Å². The fourth-order valence-corrected chi connectivity index (χ4v) is 1.66. The van der Waals surface area contributed by atoms with Crippen molar-refractivity contribution in [3.8, 4) is 6.07 Å². The number of hydrogen-bond acceptors (Lipinski definition) is 6. The van der Waals surface area contributed by atoms with E-state index < -0.39 is 18.4 Å². The first-order valence-electron chi connectivity index (χ1n) is 4.67. The largest absolute Gasteiger partial charge is 0.480 e. The van der Waals surface area contributed by atoms with Crippen LogP contribution in [0, 0.1) is 11.3 Å². The zero-order chi connectivity index (χ0) is 12.7. The van der Waals surface area contributed by atoms with Crippen LogP contribution >= 0.6 is 11.8 Å². The van der Waals surface area contributed by atoms with E-state index in [1.807, 2.05) is 0 Å². The molecule has 1 amide bonds. The van der Waals surface area contributed by atoms with Crippen LogP contribution in [-0.4, -0.2) is 41.0 Å². The van der Waals surface area contributed by atoms with Crippen molar-refractivity contribution in [3.05, 3.63) is 11.8 Å². The average molecular weight is 254 g/mol. The molecule has 0 aromatic carbocycles. The van der Waals surface area contributed by atoms with Crippen molar-refractivity contribution in [2.75, 3.05) is 18.8 Å². The summed E-state index contributed by atoms with van der Waals surface area (Å²) in [5.41, 5.74) is -0.193. The number of aliphatic carboxylic acids is 1. The lowest BCUT2D eigenvalue weighted by Crippen LogP contribution is -2.31. The van der Waals surface area contributed by atoms with Crippen LogP contribution in [0.4, 0.5) is 0 Å². The monoisotopic (exact) mass is 254 g/mol. The standard InChI is InChI=1S/C9H10N4O3S/c10-3-6(8(16)12-5-7(14)15)4-13-9-11-1-2-17-9/h4H,1-2,5H2,(H,11,13)(H,12,16)(H,14,15)/b6-4-. The summed E-state index contributed by atoms with van der Waals surface area (Å²) in [5, 5.41) is 22.5. The Bertz CT molecular complexity index is 424. The molecule has 1 rings (SSSR count). The van der Waals surface area contributed by atoms with Crippen LogP contribution in [0.3, 0.4) is 0 Å². The van der Waals surface area contributed by atoms with Crippen molar-refractivity contribution in [1.82, 2.24) is 10.6 Å². The van der Waals surface area contributed by atoms with Gasteiger partial charge in [0, 0.05) is 12.0 Å². The molecule has 0 aromatic rings. The zero-order valence-corrected chi connectivity index (χ0v) is 9.58. The Kier molecular flexibility index (Phi) is 5.03. The van der Waals surface area contributed by atoms with Gasteiger partial charge in [-0.05, 0) is 0 Å². The van der Waals surface area contributed by atoms with Crippen molar-refractivity contribution < 1.29 is 14.7 Å². The summed E-state index contributed by atoms with van der Waals surface area (Å²) in [4.78, 5) is 25.6. The predicted octanol–water partition coefficient (Wildman–Crippen LogP) is -0.713. The second kappa shape index (κ2) is 6.55. The molecule has 0 bridgehead atoms. The molecule has 0 fully saturated rings. The molecule has 3 N–H and O–H groups in total. The number of aliphatic imine (C=N–C) groups is 1. The van der Waals surface area contributed by atoms with E-state index in [0.29, 0.717) is 11.7 Å². The number of carbonyl (C=O) groups excluding carboxylic acids is 1. The molecule has 1 aliphatic rings. The van der Waals surface area contributed by atoms with Gasteiger partial charge in [-0.1, -0.05) is 11.8 Å². The molecule has 0 aliphatic carbocycles. The molecular weight excluding hydrogens is 244 g/mol. The first-order valence-corrected chi connectivity index (χ1v) is 5.66. The van der Waals surface area contributed by atoms with E-state index in [-0.39, 0.29) is 5.57 Å². The predicted molar refractivity (Wildman–Crippen MR) is 62.2 cm³/mol. The molecule has 0 aromatic heterocycles. The van der Waals surface area contributed by atoms with E-state index in [4.69, 9.17) is 10.4 Å². The number of carboxylic acids is 1. The maximum atomic E-state index is 11.3. The number of amidine groups is 1. The van der Waals surface area contributed by atoms with Gasteiger partial charge in [0.1, 0.15) is 18.2 Å². The molecule has 0 spiro atoms. The van der Waals surface area contributed by atoms with Gasteiger partial charge in [-0.15, -0.1) is 0 Å². The minimum atomic E-state index is -1.17. The van der Waals surface area contributed by atoms with Gasteiger partial charge in [-0.25, -0.2) is 0 Å². The Balaban J connectivity index is 2.51. The number of nitriles is 1. The van der Waals surface area contributed by atoms with E-state index in [1.165, 1.54) is 18.0 Å². The number of thioether (sulfide) groups is 1. The van der Waals surface area contributed by atoms with Crippen LogP contribution in [0.1, 0.15) is 0 Å². The topological polar surface area (TPSA) is 115 Å². The summed E-state index contributed by atoms with van der Waals surface area (Å²) in [6, 6.07) is 1.68. The third-order valence-corrected chi connectivity index (χ3v) is 2.60. The first kappa shape index (κ1) is 13.1. The molecule has 7 nitrogen and oxygen atoms in total. The quantitative estimate of drug-likeness (QED) is 0.451. The highest BCUT2D eigenvalue weighted by Crippen LogP contribution is 2.08. The van der Waals surface area contributed by atoms with E-state index >= 15 is 0 Å². The van der Waals surface area contributed by atoms with Crippen molar-refractivity contribution >= 4 is 28.8 Å². The van der Waals surface area contributed by atoms with E-state index in [9.17, 15) is 9.59 Å². The van der Waals surface area contributed by atoms with E-state index in [1.54, 1.807) is 6.07 Å². The first-order chi connectivity index (χ1) is 8.13. The average Bonchev–Trinajstić information content (AvgIpc) is 2.80. The summed E-state index contributed by atoms with van der Waals surface area (Å²) in [6.45, 7) is 0.182. The lowest BCUT2D eigenvalue weighted by Gasteiger charge is -2.01. The molecular formula is C9H10N4O3S. The highest BCUT2D eigenvalue weighted by atomic mass is 32.2. The highest BCUT2D eigenvalue weighted by molar-refractivity contribution is 8.14. The maximum Gasteiger partial charge on any atom is 0.322 e. The Labute approximate surface area is 102 Å². The number of nitrogens with zero attached hydrogens (tertiary/aromatic N) is 2. The van der Waals surface area contributed by atoms with Gasteiger partial charge in [0.2, 0.25) is 0 Å². The van der Waals surface area contributed by atoms with Gasteiger partial charge in [0.25, 0.3) is 5.91 Å². The number of amides is 1. The fraction of sp³-hybridized carbons (Fsp3) is 0.333. The number of hydrogen-bond donors (Lipinski definition) is 3. The minimum absolute atomic E-state index is 0.193. The van der Waals surface area contributed by atoms with E-state index in [2.05, 4.69) is 15.6 Å². The van der Waals surface area contributed by atoms with E-state index in [0.717, 1.165) is 5.75 Å². The van der Waals surface area contributed by atoms with Crippen LogP contribution in [0.25, 0.3) is 0 Å². The third kappa shape index (κ3) is 4.56. The molecule has 0 unspecified atom stereocenters. The third-order valence-electron chi connectivity index (χ3n) is 1.69. The number of nitrogens with one attached hydrogen (secondary N) is 2. The van der Waals surface area contributed by atoms with Gasteiger partial charge < -0.3 is 15.7 Å². The summed E-state index contributed by atoms with van der Waals surface area (Å²) in [5.74, 6) is -1.03. The summed E-state index contributed by atoms with van der Waals surface area (Å²) in [7, 11) is 0. The van der Waals surface area contributed by atoms with Gasteiger partial charge in [0.05, 0.1) is 6.54 Å². The van der Waals surface area contributed by atoms with Crippen LogP contribution in [-0.2, 0) is 9.59 Å². The van der Waals surface area contributed by atoms with Crippen molar-refractivity contribution in [2.45, 2.75) is 0 Å². The van der Waals surface area contributed by atoms with Crippen LogP contribution in [0.5, 0.6) is 0 Å². The fourth-order valence-electron chi connectivity index (χ4n) is 0.956. The normalized spacial score (nSPS) is 14.8. The van der Waals surface area contributed by atoms with Crippen molar-refractivity contribution in [3.63, 3.8) is 0 Å². The molecule has 1 heterocycles. The number of carboxylic acid groups (broad SMARTS) is 1. The molecule has 0 saturated carbocycles. The summed E-state index contributed by atoms with van der Waals surface area (Å²) in [6.07, 6.45) is 1.22. The molecule has 1 aliphatic heterocycles. The molecule has 0 radical (unpaired) electrons. The minimum Gasteiger partial charge on any atom is -0.480 e. The van der Waals surface area contributed by atoms with Gasteiger partial charge >= 0.3 is 5.97 Å². The van der Waals surface area contributed by atoms with Crippen LogP contribution in [0.15, 0.2) is 16.8 Å². The molecule has 8 heteroatoms.